The highest BCUT2D eigenvalue weighted by molar-refractivity contribution is 5.41. The van der Waals surface area contributed by atoms with Gasteiger partial charge in [0.15, 0.2) is 0 Å². The third-order valence-corrected chi connectivity index (χ3v) is 3.68. The van der Waals surface area contributed by atoms with Crippen LogP contribution in [0.5, 0.6) is 5.88 Å². The fraction of sp³-hybridized carbons (Fsp3) is 0.667. The second kappa shape index (κ2) is 4.79. The van der Waals surface area contributed by atoms with E-state index < -0.39 is 0 Å². The minimum Gasteiger partial charge on any atom is -0.474 e. The van der Waals surface area contributed by atoms with E-state index in [0.29, 0.717) is 17.0 Å². The van der Waals surface area contributed by atoms with Crippen molar-refractivity contribution < 1.29 is 4.74 Å². The lowest BCUT2D eigenvalue weighted by molar-refractivity contribution is 0.0528. The zero-order valence-corrected chi connectivity index (χ0v) is 11.9. The van der Waals surface area contributed by atoms with Gasteiger partial charge in [0.2, 0.25) is 5.88 Å². The largest absolute Gasteiger partial charge is 0.474 e. The second-order valence-electron chi connectivity index (χ2n) is 6.54. The van der Waals surface area contributed by atoms with Crippen molar-refractivity contribution >= 4 is 5.69 Å². The number of hydrogen-bond donors (Lipinski definition) is 1. The van der Waals surface area contributed by atoms with Crippen molar-refractivity contribution in [3.05, 3.63) is 17.8 Å². The van der Waals surface area contributed by atoms with Crippen LogP contribution in [-0.2, 0) is 0 Å². The van der Waals surface area contributed by atoms with Crippen LogP contribution in [0.3, 0.4) is 0 Å². The Bertz CT molecular complexity index is 429. The highest BCUT2D eigenvalue weighted by Gasteiger charge is 2.33. The van der Waals surface area contributed by atoms with Crippen molar-refractivity contribution in [1.29, 1.82) is 0 Å². The first-order valence-electron chi connectivity index (χ1n) is 6.74. The summed E-state index contributed by atoms with van der Waals surface area (Å²) >= 11 is 0. The predicted molar refractivity (Wildman–Crippen MR) is 74.6 cm³/mol. The lowest BCUT2D eigenvalue weighted by Crippen LogP contribution is -2.34. The van der Waals surface area contributed by atoms with Gasteiger partial charge in [-0.2, -0.15) is 0 Å². The molecule has 100 valence electrons. The Kier molecular flexibility index (Phi) is 3.51. The molecule has 2 N–H and O–H groups in total. The molecule has 0 aromatic carbocycles. The first-order chi connectivity index (χ1) is 8.35. The minimum atomic E-state index is 0.276. The smallest absolute Gasteiger partial charge is 0.216 e. The summed E-state index contributed by atoms with van der Waals surface area (Å²) in [5.41, 5.74) is 7.78. The fourth-order valence-corrected chi connectivity index (χ4v) is 3.21. The van der Waals surface area contributed by atoms with Gasteiger partial charge in [0.1, 0.15) is 6.10 Å². The Balaban J connectivity index is 2.09. The van der Waals surface area contributed by atoms with E-state index in [-0.39, 0.29) is 6.10 Å². The summed E-state index contributed by atoms with van der Waals surface area (Å²) in [4.78, 5) is 4.30. The molecule has 0 saturated heterocycles. The van der Waals surface area contributed by atoms with Crippen LogP contribution in [0, 0.1) is 18.3 Å². The molecule has 0 spiro atoms. The zero-order valence-electron chi connectivity index (χ0n) is 11.9. The third kappa shape index (κ3) is 3.15. The van der Waals surface area contributed by atoms with E-state index >= 15 is 0 Å². The number of aromatic nitrogens is 1. The monoisotopic (exact) mass is 248 g/mol. The van der Waals surface area contributed by atoms with E-state index in [0.717, 1.165) is 24.3 Å². The predicted octanol–water partition coefficient (Wildman–Crippen LogP) is 3.57. The molecule has 1 aliphatic rings. The Hall–Kier alpha value is -1.25. The number of nitrogen functional groups attached to an aromatic ring is 1. The number of anilines is 1. The maximum atomic E-state index is 6.08. The lowest BCUT2D eigenvalue weighted by atomic mass is 9.71. The first-order valence-corrected chi connectivity index (χ1v) is 6.74. The van der Waals surface area contributed by atoms with Gasteiger partial charge in [-0.1, -0.05) is 20.8 Å². The molecule has 1 saturated carbocycles. The van der Waals surface area contributed by atoms with Gasteiger partial charge in [-0.25, -0.2) is 4.98 Å². The molecular formula is C15H24N2O. The van der Waals surface area contributed by atoms with Gasteiger partial charge < -0.3 is 10.5 Å². The highest BCUT2D eigenvalue weighted by Crippen LogP contribution is 2.40. The summed E-state index contributed by atoms with van der Waals surface area (Å²) in [5.74, 6) is 1.45. The average Bonchev–Trinajstić information content (AvgIpc) is 2.19. The molecule has 3 nitrogen and oxygen atoms in total. The van der Waals surface area contributed by atoms with E-state index in [1.165, 1.54) is 6.42 Å². The number of pyridine rings is 1. The van der Waals surface area contributed by atoms with Gasteiger partial charge in [0.25, 0.3) is 0 Å². The molecule has 0 amide bonds. The molecule has 1 aliphatic carbocycles. The quantitative estimate of drug-likeness (QED) is 0.870. The molecular weight excluding hydrogens is 224 g/mol. The first kappa shape index (κ1) is 13.2. The number of nitrogens with zero attached hydrogens (tertiary/aromatic N) is 1. The Labute approximate surface area is 110 Å². The number of rotatable bonds is 2. The van der Waals surface area contributed by atoms with Crippen molar-refractivity contribution in [1.82, 2.24) is 4.98 Å². The molecule has 1 aromatic rings. The highest BCUT2D eigenvalue weighted by atomic mass is 16.5. The summed E-state index contributed by atoms with van der Waals surface area (Å²) in [6.45, 7) is 8.95. The number of nitrogens with two attached hydrogens (primary N) is 1. The van der Waals surface area contributed by atoms with Crippen LogP contribution in [0.1, 0.15) is 45.6 Å². The van der Waals surface area contributed by atoms with Gasteiger partial charge >= 0.3 is 0 Å². The van der Waals surface area contributed by atoms with Crippen molar-refractivity contribution in [2.24, 2.45) is 11.3 Å². The number of hydrogen-bond acceptors (Lipinski definition) is 3. The molecule has 0 radical (unpaired) electrons. The maximum Gasteiger partial charge on any atom is 0.216 e. The van der Waals surface area contributed by atoms with Crippen molar-refractivity contribution in [2.75, 3.05) is 5.73 Å². The number of aryl methyl sites for hydroxylation is 1. The van der Waals surface area contributed by atoms with E-state index in [4.69, 9.17) is 10.5 Å². The lowest BCUT2D eigenvalue weighted by Gasteiger charge is -2.38. The van der Waals surface area contributed by atoms with Crippen LogP contribution in [-0.4, -0.2) is 11.1 Å². The van der Waals surface area contributed by atoms with Crippen LogP contribution in [0.25, 0.3) is 0 Å². The van der Waals surface area contributed by atoms with Gasteiger partial charge in [-0.05, 0) is 43.6 Å². The summed E-state index contributed by atoms with van der Waals surface area (Å²) in [6.07, 6.45) is 5.44. The van der Waals surface area contributed by atoms with Gasteiger partial charge in [-0.3, -0.25) is 0 Å². The van der Waals surface area contributed by atoms with Crippen LogP contribution in [0.4, 0.5) is 5.69 Å². The molecule has 0 aliphatic heterocycles. The van der Waals surface area contributed by atoms with Gasteiger partial charge in [-0.15, -0.1) is 0 Å². The van der Waals surface area contributed by atoms with Gasteiger partial charge in [0.05, 0.1) is 11.9 Å². The van der Waals surface area contributed by atoms with E-state index in [9.17, 15) is 0 Å². The standard InChI is InChI=1S/C15H24N2O/c1-10-5-13(8-15(3,4)7-10)18-14-11(2)6-12(16)9-17-14/h6,9-10,13H,5,7-8,16H2,1-4H3. The Morgan fingerprint density at radius 1 is 1.39 bits per heavy atom. The van der Waals surface area contributed by atoms with E-state index in [2.05, 4.69) is 25.8 Å². The molecule has 18 heavy (non-hydrogen) atoms. The van der Waals surface area contributed by atoms with Crippen molar-refractivity contribution in [2.45, 2.75) is 53.1 Å². The molecule has 2 unspecified atom stereocenters. The Morgan fingerprint density at radius 3 is 2.72 bits per heavy atom. The normalized spacial score (nSPS) is 26.9. The molecule has 1 fully saturated rings. The molecule has 2 atom stereocenters. The van der Waals surface area contributed by atoms with Crippen LogP contribution in [0.2, 0.25) is 0 Å². The maximum absolute atomic E-state index is 6.08. The van der Waals surface area contributed by atoms with E-state index in [1.54, 1.807) is 6.20 Å². The third-order valence-electron chi connectivity index (χ3n) is 3.68. The van der Waals surface area contributed by atoms with Crippen LogP contribution < -0.4 is 10.5 Å². The molecule has 3 heteroatoms. The second-order valence-corrected chi connectivity index (χ2v) is 6.54. The van der Waals surface area contributed by atoms with Gasteiger partial charge in [0, 0.05) is 5.56 Å². The van der Waals surface area contributed by atoms with E-state index in [1.807, 2.05) is 13.0 Å². The van der Waals surface area contributed by atoms with Crippen molar-refractivity contribution in [3.8, 4) is 5.88 Å². The topological polar surface area (TPSA) is 48.1 Å². The van der Waals surface area contributed by atoms with Crippen LogP contribution >= 0.6 is 0 Å². The minimum absolute atomic E-state index is 0.276. The van der Waals surface area contributed by atoms with Crippen molar-refractivity contribution in [3.63, 3.8) is 0 Å². The molecule has 2 rings (SSSR count). The van der Waals surface area contributed by atoms with Crippen LogP contribution in [0.15, 0.2) is 12.3 Å². The summed E-state index contributed by atoms with van der Waals surface area (Å²) < 4.78 is 6.08. The average molecular weight is 248 g/mol. The molecule has 0 bridgehead atoms. The summed E-state index contributed by atoms with van der Waals surface area (Å²) in [6, 6.07) is 1.92. The summed E-state index contributed by atoms with van der Waals surface area (Å²) in [7, 11) is 0. The number of ether oxygens (including phenoxy) is 1. The molecule has 1 heterocycles. The zero-order chi connectivity index (χ0) is 13.3. The fourth-order valence-electron chi connectivity index (χ4n) is 3.21. The molecule has 1 aromatic heterocycles. The summed E-state index contributed by atoms with van der Waals surface area (Å²) in [5, 5.41) is 0. The SMILES string of the molecule is Cc1cc(N)cnc1OC1CC(C)CC(C)(C)C1. The Morgan fingerprint density at radius 2 is 2.11 bits per heavy atom.